The Morgan fingerprint density at radius 3 is 2.56 bits per heavy atom. The molecule has 0 aliphatic carbocycles. The minimum Gasteiger partial charge on any atom is -0.465 e. The van der Waals surface area contributed by atoms with Crippen molar-refractivity contribution in [3.8, 4) is 5.88 Å². The maximum atomic E-state index is 12.4. The average Bonchev–Trinajstić information content (AvgIpc) is 2.27. The molecular formula is C12H15ClF3NO. The molecule has 0 aromatic carbocycles. The molecule has 18 heavy (non-hydrogen) atoms. The molecule has 0 aliphatic heterocycles. The Kier molecular flexibility index (Phi) is 5.26. The molecule has 0 fully saturated rings. The number of halogens is 4. The summed E-state index contributed by atoms with van der Waals surface area (Å²) < 4.78 is 42.0. The van der Waals surface area contributed by atoms with Gasteiger partial charge in [0.15, 0.2) is 6.10 Å². The number of aryl methyl sites for hydroxylation is 1. The summed E-state index contributed by atoms with van der Waals surface area (Å²) in [7, 11) is 0. The molecule has 2 nitrogen and oxygen atoms in total. The molecule has 1 unspecified atom stereocenters. The van der Waals surface area contributed by atoms with Crippen LogP contribution in [-0.4, -0.2) is 17.3 Å². The molecule has 6 heteroatoms. The quantitative estimate of drug-likeness (QED) is 0.758. The lowest BCUT2D eigenvalue weighted by atomic mass is 10.2. The van der Waals surface area contributed by atoms with Gasteiger partial charge in [0.2, 0.25) is 5.88 Å². The smallest absolute Gasteiger partial charge is 0.425 e. The van der Waals surface area contributed by atoms with E-state index in [-0.39, 0.29) is 11.8 Å². The Hall–Kier alpha value is -0.970. The SMILES string of the molecule is CCCc1cc(CCl)cc(OC(C)C(F)(F)F)n1. The fourth-order valence-electron chi connectivity index (χ4n) is 1.39. The number of hydrogen-bond acceptors (Lipinski definition) is 2. The Bertz CT molecular complexity index is 395. The van der Waals surface area contributed by atoms with Gasteiger partial charge >= 0.3 is 6.18 Å². The van der Waals surface area contributed by atoms with Gasteiger partial charge in [0.1, 0.15) is 0 Å². The third-order valence-electron chi connectivity index (χ3n) is 2.33. The standard InChI is InChI=1S/C12H15ClF3NO/c1-3-4-10-5-9(7-13)6-11(17-10)18-8(2)12(14,15)16/h5-6,8H,3-4,7H2,1-2H3. The maximum Gasteiger partial charge on any atom is 0.425 e. The van der Waals surface area contributed by atoms with Crippen molar-refractivity contribution in [2.75, 3.05) is 0 Å². The summed E-state index contributed by atoms with van der Waals surface area (Å²) in [4.78, 5) is 4.04. The Morgan fingerprint density at radius 1 is 1.39 bits per heavy atom. The van der Waals surface area contributed by atoms with Crippen molar-refractivity contribution >= 4 is 11.6 Å². The van der Waals surface area contributed by atoms with E-state index in [0.717, 1.165) is 13.3 Å². The highest BCUT2D eigenvalue weighted by molar-refractivity contribution is 6.17. The fourth-order valence-corrected chi connectivity index (χ4v) is 1.54. The number of pyridine rings is 1. The summed E-state index contributed by atoms with van der Waals surface area (Å²) in [5.41, 5.74) is 1.40. The first-order valence-electron chi connectivity index (χ1n) is 5.66. The maximum absolute atomic E-state index is 12.4. The van der Waals surface area contributed by atoms with Crippen molar-refractivity contribution in [2.45, 2.75) is 44.8 Å². The van der Waals surface area contributed by atoms with Gasteiger partial charge in [0.25, 0.3) is 0 Å². The molecule has 0 bridgehead atoms. The van der Waals surface area contributed by atoms with Gasteiger partial charge in [0, 0.05) is 17.6 Å². The molecule has 0 saturated carbocycles. The van der Waals surface area contributed by atoms with Crippen molar-refractivity contribution in [3.63, 3.8) is 0 Å². The number of hydrogen-bond donors (Lipinski definition) is 0. The molecule has 0 aliphatic rings. The number of ether oxygens (including phenoxy) is 1. The van der Waals surface area contributed by atoms with E-state index < -0.39 is 12.3 Å². The minimum absolute atomic E-state index is 0.0265. The second-order valence-electron chi connectivity index (χ2n) is 3.99. The summed E-state index contributed by atoms with van der Waals surface area (Å²) in [6, 6.07) is 3.22. The first-order chi connectivity index (χ1) is 8.36. The summed E-state index contributed by atoms with van der Waals surface area (Å²) in [5.74, 6) is 0.192. The molecule has 0 amide bonds. The summed E-state index contributed by atoms with van der Waals surface area (Å²) in [6.45, 7) is 2.92. The molecule has 1 heterocycles. The summed E-state index contributed by atoms with van der Waals surface area (Å²) >= 11 is 5.69. The largest absolute Gasteiger partial charge is 0.465 e. The summed E-state index contributed by atoms with van der Waals surface area (Å²) in [5, 5.41) is 0. The Morgan fingerprint density at radius 2 is 2.06 bits per heavy atom. The van der Waals surface area contributed by atoms with E-state index in [1.807, 2.05) is 6.92 Å². The molecule has 0 radical (unpaired) electrons. The van der Waals surface area contributed by atoms with E-state index in [9.17, 15) is 13.2 Å². The van der Waals surface area contributed by atoms with Gasteiger partial charge in [-0.05, 0) is 25.0 Å². The van der Waals surface area contributed by atoms with Crippen LogP contribution in [0.5, 0.6) is 5.88 Å². The predicted molar refractivity (Wildman–Crippen MR) is 63.9 cm³/mol. The number of nitrogens with zero attached hydrogens (tertiary/aromatic N) is 1. The van der Waals surface area contributed by atoms with Crippen LogP contribution in [0.25, 0.3) is 0 Å². The predicted octanol–water partition coefficient (Wildman–Crippen LogP) is 4.10. The fraction of sp³-hybridized carbons (Fsp3) is 0.583. The van der Waals surface area contributed by atoms with E-state index >= 15 is 0 Å². The van der Waals surface area contributed by atoms with E-state index in [1.165, 1.54) is 6.07 Å². The van der Waals surface area contributed by atoms with Crippen LogP contribution in [0.15, 0.2) is 12.1 Å². The van der Waals surface area contributed by atoms with Crippen molar-refractivity contribution in [1.82, 2.24) is 4.98 Å². The van der Waals surface area contributed by atoms with Crippen molar-refractivity contribution in [3.05, 3.63) is 23.4 Å². The summed E-state index contributed by atoms with van der Waals surface area (Å²) in [6.07, 6.45) is -4.75. The first-order valence-corrected chi connectivity index (χ1v) is 6.19. The van der Waals surface area contributed by atoms with Crippen LogP contribution in [-0.2, 0) is 12.3 Å². The first kappa shape index (κ1) is 15.1. The van der Waals surface area contributed by atoms with Gasteiger partial charge in [0.05, 0.1) is 0 Å². The van der Waals surface area contributed by atoms with Crippen molar-refractivity contribution in [1.29, 1.82) is 0 Å². The van der Waals surface area contributed by atoms with Crippen LogP contribution in [0.1, 0.15) is 31.5 Å². The van der Waals surface area contributed by atoms with Gasteiger partial charge in [-0.1, -0.05) is 13.3 Å². The third kappa shape index (κ3) is 4.37. The van der Waals surface area contributed by atoms with E-state index in [0.29, 0.717) is 17.7 Å². The zero-order valence-corrected chi connectivity index (χ0v) is 11.0. The highest BCUT2D eigenvalue weighted by Gasteiger charge is 2.38. The number of rotatable bonds is 5. The Balaban J connectivity index is 2.90. The molecule has 1 rings (SSSR count). The lowest BCUT2D eigenvalue weighted by Crippen LogP contribution is -2.31. The van der Waals surface area contributed by atoms with E-state index in [1.54, 1.807) is 6.07 Å². The number of aromatic nitrogens is 1. The lowest BCUT2D eigenvalue weighted by molar-refractivity contribution is -0.190. The average molecular weight is 282 g/mol. The van der Waals surface area contributed by atoms with Gasteiger partial charge < -0.3 is 4.74 Å². The molecule has 1 atom stereocenters. The third-order valence-corrected chi connectivity index (χ3v) is 2.64. The highest BCUT2D eigenvalue weighted by Crippen LogP contribution is 2.25. The van der Waals surface area contributed by atoms with Gasteiger partial charge in [-0.15, -0.1) is 11.6 Å². The molecule has 1 aromatic rings. The minimum atomic E-state index is -4.40. The zero-order chi connectivity index (χ0) is 13.8. The second kappa shape index (κ2) is 6.27. The van der Waals surface area contributed by atoms with Crippen LogP contribution < -0.4 is 4.74 Å². The van der Waals surface area contributed by atoms with Crippen LogP contribution >= 0.6 is 11.6 Å². The Labute approximate surface area is 109 Å². The molecular weight excluding hydrogens is 267 g/mol. The number of alkyl halides is 4. The van der Waals surface area contributed by atoms with Crippen LogP contribution in [0, 0.1) is 0 Å². The second-order valence-corrected chi connectivity index (χ2v) is 4.26. The highest BCUT2D eigenvalue weighted by atomic mass is 35.5. The topological polar surface area (TPSA) is 22.1 Å². The monoisotopic (exact) mass is 281 g/mol. The van der Waals surface area contributed by atoms with Crippen molar-refractivity contribution < 1.29 is 17.9 Å². The van der Waals surface area contributed by atoms with Crippen molar-refractivity contribution in [2.24, 2.45) is 0 Å². The van der Waals surface area contributed by atoms with Crippen LogP contribution in [0.3, 0.4) is 0 Å². The molecule has 0 spiro atoms. The van der Waals surface area contributed by atoms with Crippen LogP contribution in [0.2, 0.25) is 0 Å². The van der Waals surface area contributed by atoms with Gasteiger partial charge in [-0.25, -0.2) is 4.98 Å². The molecule has 0 saturated heterocycles. The molecule has 0 N–H and O–H groups in total. The van der Waals surface area contributed by atoms with E-state index in [4.69, 9.17) is 16.3 Å². The van der Waals surface area contributed by atoms with Gasteiger partial charge in [-0.2, -0.15) is 13.2 Å². The molecule has 1 aromatic heterocycles. The molecule has 102 valence electrons. The lowest BCUT2D eigenvalue weighted by Gasteiger charge is -2.17. The van der Waals surface area contributed by atoms with Gasteiger partial charge in [-0.3, -0.25) is 0 Å². The van der Waals surface area contributed by atoms with Crippen LogP contribution in [0.4, 0.5) is 13.2 Å². The normalized spacial score (nSPS) is 13.4. The van der Waals surface area contributed by atoms with E-state index in [2.05, 4.69) is 4.98 Å². The zero-order valence-electron chi connectivity index (χ0n) is 10.2.